The third-order valence-corrected chi connectivity index (χ3v) is 2.66. The van der Waals surface area contributed by atoms with E-state index in [1.807, 2.05) is 0 Å². The molecular weight excluding hydrogens is 279 g/mol. The lowest BCUT2D eigenvalue weighted by molar-refractivity contribution is 0.402. The molecule has 0 aliphatic rings. The number of hydrogen-bond donors (Lipinski definition) is 1. The molecule has 4 nitrogen and oxygen atoms in total. The van der Waals surface area contributed by atoms with Crippen LogP contribution in [0.2, 0.25) is 0 Å². The van der Waals surface area contributed by atoms with Crippen LogP contribution in [0.1, 0.15) is 0 Å². The second-order valence-corrected chi connectivity index (χ2v) is 3.91. The number of rotatable bonds is 2. The van der Waals surface area contributed by atoms with Crippen molar-refractivity contribution in [3.63, 3.8) is 0 Å². The predicted octanol–water partition coefficient (Wildman–Crippen LogP) is 2.83. The van der Waals surface area contributed by atoms with E-state index < -0.39 is 5.82 Å². The van der Waals surface area contributed by atoms with E-state index in [0.29, 0.717) is 10.2 Å². The fourth-order valence-electron chi connectivity index (χ4n) is 1.34. The smallest absolute Gasteiger partial charge is 0.175 e. The molecule has 2 rings (SSSR count). The first-order valence-electron chi connectivity index (χ1n) is 4.38. The molecule has 0 bridgehead atoms. The molecule has 1 aromatic heterocycles. The molecule has 1 heterocycles. The van der Waals surface area contributed by atoms with Gasteiger partial charge in [-0.1, -0.05) is 5.16 Å². The van der Waals surface area contributed by atoms with E-state index in [9.17, 15) is 4.39 Å². The van der Waals surface area contributed by atoms with Crippen LogP contribution in [0.25, 0.3) is 11.3 Å². The zero-order valence-electron chi connectivity index (χ0n) is 8.33. The molecule has 0 saturated heterocycles. The molecule has 84 valence electrons. The minimum Gasteiger partial charge on any atom is -0.496 e. The van der Waals surface area contributed by atoms with E-state index in [2.05, 4.69) is 21.1 Å². The maximum Gasteiger partial charge on any atom is 0.175 e. The van der Waals surface area contributed by atoms with Gasteiger partial charge in [-0.3, -0.25) is 0 Å². The number of ether oxygens (including phenoxy) is 1. The summed E-state index contributed by atoms with van der Waals surface area (Å²) in [5, 5.41) is 3.50. The topological polar surface area (TPSA) is 61.3 Å². The normalized spacial score (nSPS) is 10.4. The van der Waals surface area contributed by atoms with Crippen LogP contribution in [0.5, 0.6) is 5.75 Å². The van der Waals surface area contributed by atoms with Gasteiger partial charge in [-0.25, -0.2) is 4.39 Å². The molecule has 1 aromatic carbocycles. The maximum absolute atomic E-state index is 13.9. The van der Waals surface area contributed by atoms with Gasteiger partial charge in [-0.05, 0) is 28.1 Å². The Hall–Kier alpha value is -1.56. The van der Waals surface area contributed by atoms with Gasteiger partial charge in [0.05, 0.1) is 17.1 Å². The summed E-state index contributed by atoms with van der Waals surface area (Å²) < 4.78 is 24.2. The molecule has 0 unspecified atom stereocenters. The zero-order chi connectivity index (χ0) is 11.7. The largest absolute Gasteiger partial charge is 0.496 e. The third kappa shape index (κ3) is 1.76. The lowest BCUT2D eigenvalue weighted by atomic mass is 10.1. The number of hydrogen-bond acceptors (Lipinski definition) is 4. The van der Waals surface area contributed by atoms with Crippen molar-refractivity contribution in [1.29, 1.82) is 0 Å². The molecule has 2 N–H and O–H groups in total. The highest BCUT2D eigenvalue weighted by Gasteiger charge is 2.18. The van der Waals surface area contributed by atoms with Crippen LogP contribution in [0.15, 0.2) is 27.2 Å². The summed E-state index contributed by atoms with van der Waals surface area (Å²) >= 11 is 3.09. The Morgan fingerprint density at radius 1 is 1.50 bits per heavy atom. The lowest BCUT2D eigenvalue weighted by Gasteiger charge is -2.07. The van der Waals surface area contributed by atoms with Crippen molar-refractivity contribution in [3.8, 4) is 17.1 Å². The number of nitrogens with zero attached hydrogens (tertiary/aromatic N) is 1. The number of aromatic nitrogens is 1. The molecule has 2 aromatic rings. The maximum atomic E-state index is 13.9. The van der Waals surface area contributed by atoms with Crippen LogP contribution in [-0.2, 0) is 0 Å². The highest BCUT2D eigenvalue weighted by atomic mass is 79.9. The quantitative estimate of drug-likeness (QED) is 0.922. The molecule has 0 spiro atoms. The lowest BCUT2D eigenvalue weighted by Crippen LogP contribution is -1.91. The monoisotopic (exact) mass is 286 g/mol. The predicted molar refractivity (Wildman–Crippen MR) is 60.6 cm³/mol. The van der Waals surface area contributed by atoms with Crippen molar-refractivity contribution in [2.75, 3.05) is 12.8 Å². The minimum absolute atomic E-state index is 0.191. The van der Waals surface area contributed by atoms with Crippen LogP contribution < -0.4 is 10.5 Å². The summed E-state index contributed by atoms with van der Waals surface area (Å²) in [6, 6.07) is 4.62. The number of methoxy groups -OCH3 is 1. The van der Waals surface area contributed by atoms with Crippen molar-refractivity contribution in [2.45, 2.75) is 0 Å². The summed E-state index contributed by atoms with van der Waals surface area (Å²) in [5.74, 6) is 0.303. The van der Waals surface area contributed by atoms with Crippen LogP contribution in [0.3, 0.4) is 0 Å². The highest BCUT2D eigenvalue weighted by Crippen LogP contribution is 2.36. The summed E-state index contributed by atoms with van der Waals surface area (Å²) in [5.41, 5.74) is 5.61. The molecule has 0 radical (unpaired) electrons. The van der Waals surface area contributed by atoms with E-state index in [-0.39, 0.29) is 17.1 Å². The highest BCUT2D eigenvalue weighted by molar-refractivity contribution is 9.10. The molecule has 6 heteroatoms. The van der Waals surface area contributed by atoms with Crippen molar-refractivity contribution in [1.82, 2.24) is 5.16 Å². The zero-order valence-corrected chi connectivity index (χ0v) is 9.92. The molecule has 0 atom stereocenters. The van der Waals surface area contributed by atoms with Crippen LogP contribution in [0, 0.1) is 5.82 Å². The van der Waals surface area contributed by atoms with Gasteiger partial charge < -0.3 is 15.0 Å². The Kier molecular flexibility index (Phi) is 2.82. The summed E-state index contributed by atoms with van der Waals surface area (Å²) in [6.07, 6.45) is 0. The minimum atomic E-state index is -0.476. The Morgan fingerprint density at radius 3 is 2.81 bits per heavy atom. The molecule has 16 heavy (non-hydrogen) atoms. The van der Waals surface area contributed by atoms with Gasteiger partial charge in [0, 0.05) is 6.07 Å². The third-order valence-electron chi connectivity index (χ3n) is 2.05. The van der Waals surface area contributed by atoms with Crippen LogP contribution >= 0.6 is 15.9 Å². The van der Waals surface area contributed by atoms with Crippen molar-refractivity contribution in [3.05, 3.63) is 28.5 Å². The first kappa shape index (κ1) is 10.9. The molecule has 0 amide bonds. The second kappa shape index (κ2) is 4.13. The first-order valence-corrected chi connectivity index (χ1v) is 5.17. The first-order chi connectivity index (χ1) is 7.63. The van der Waals surface area contributed by atoms with Gasteiger partial charge in [0.1, 0.15) is 5.75 Å². The van der Waals surface area contributed by atoms with Crippen molar-refractivity contribution >= 4 is 21.7 Å². The Balaban J connectivity index is 2.66. The van der Waals surface area contributed by atoms with Gasteiger partial charge in [0.2, 0.25) is 0 Å². The Morgan fingerprint density at radius 2 is 2.25 bits per heavy atom. The van der Waals surface area contributed by atoms with Crippen LogP contribution in [-0.4, -0.2) is 12.3 Å². The van der Waals surface area contributed by atoms with Crippen LogP contribution in [0.4, 0.5) is 10.2 Å². The van der Waals surface area contributed by atoms with Crippen molar-refractivity contribution < 1.29 is 13.7 Å². The van der Waals surface area contributed by atoms with E-state index in [1.54, 1.807) is 12.1 Å². The molecule has 0 aliphatic heterocycles. The standard InChI is InChI=1S/C10H8BrFN2O2/c1-15-6-3-2-5(11)10(12)9(6)7-4-8(13)14-16-7/h2-4H,1H3,(H2,13,14). The number of anilines is 1. The number of nitrogen functional groups attached to an aromatic ring is 1. The second-order valence-electron chi connectivity index (χ2n) is 3.05. The van der Waals surface area contributed by atoms with Gasteiger partial charge >= 0.3 is 0 Å². The van der Waals surface area contributed by atoms with E-state index in [1.165, 1.54) is 13.2 Å². The van der Waals surface area contributed by atoms with Gasteiger partial charge in [0.15, 0.2) is 17.4 Å². The molecule has 0 aliphatic carbocycles. The van der Waals surface area contributed by atoms with Gasteiger partial charge in [-0.15, -0.1) is 0 Å². The average Bonchev–Trinajstić information content (AvgIpc) is 2.68. The summed E-state index contributed by atoms with van der Waals surface area (Å²) in [6.45, 7) is 0. The number of halogens is 2. The Bertz CT molecular complexity index is 528. The van der Waals surface area contributed by atoms with Crippen molar-refractivity contribution in [2.24, 2.45) is 0 Å². The van der Waals surface area contributed by atoms with E-state index in [4.69, 9.17) is 15.0 Å². The number of nitrogens with two attached hydrogens (primary N) is 1. The van der Waals surface area contributed by atoms with Gasteiger partial charge in [-0.2, -0.15) is 0 Å². The van der Waals surface area contributed by atoms with E-state index in [0.717, 1.165) is 0 Å². The Labute approximate surface area is 99.3 Å². The fourth-order valence-corrected chi connectivity index (χ4v) is 1.67. The average molecular weight is 287 g/mol. The number of benzene rings is 1. The van der Waals surface area contributed by atoms with E-state index >= 15 is 0 Å². The summed E-state index contributed by atoms with van der Waals surface area (Å²) in [7, 11) is 1.45. The molecular formula is C10H8BrFN2O2. The molecule has 0 saturated carbocycles. The molecule has 0 fully saturated rings. The summed E-state index contributed by atoms with van der Waals surface area (Å²) in [4.78, 5) is 0. The SMILES string of the molecule is COc1ccc(Br)c(F)c1-c1cc(N)no1. The fraction of sp³-hybridized carbons (Fsp3) is 0.100. The van der Waals surface area contributed by atoms with Gasteiger partial charge in [0.25, 0.3) is 0 Å².